The second-order valence-electron chi connectivity index (χ2n) is 7.51. The molecule has 0 amide bonds. The first-order chi connectivity index (χ1) is 15.4. The third kappa shape index (κ3) is 6.53. The van der Waals surface area contributed by atoms with Crippen LogP contribution in [-0.2, 0) is 0 Å². The highest BCUT2D eigenvalue weighted by Gasteiger charge is 2.15. The van der Waals surface area contributed by atoms with Crippen LogP contribution in [0.15, 0.2) is 89.6 Å². The summed E-state index contributed by atoms with van der Waals surface area (Å²) in [6.07, 6.45) is 3.10. The number of benzene rings is 3. The quantitative estimate of drug-likeness (QED) is 0.301. The third-order valence-corrected chi connectivity index (χ3v) is 5.30. The molecule has 3 rings (SSSR count). The van der Waals surface area contributed by atoms with Crippen molar-refractivity contribution in [1.82, 2.24) is 0 Å². The molecule has 32 heavy (non-hydrogen) atoms. The molecule has 0 heterocycles. The van der Waals surface area contributed by atoms with Gasteiger partial charge in [-0.3, -0.25) is 4.99 Å². The number of nitrogens with zero attached hydrogens (tertiary/aromatic N) is 1. The summed E-state index contributed by atoms with van der Waals surface area (Å²) in [5, 5.41) is 11.7. The smallest absolute Gasteiger partial charge is 0.104 e. The Morgan fingerprint density at radius 1 is 0.969 bits per heavy atom. The minimum Gasteiger partial charge on any atom is -0.384 e. The number of aliphatic hydroxyl groups is 1. The standard InChI is InChI=1S/C27H26ClNO.C2H6/c1-18-8-11-21(12-9-18)27(30)23-13-10-20(3)25(16-23)26(14-19(2)17-29-4)22-6-5-7-24(28)15-22;1-2/h5-17,27,30H,4H2,1-3H3;1-2H3/b19-17+,26-14-;. The highest BCUT2D eigenvalue weighted by atomic mass is 35.5. The van der Waals surface area contributed by atoms with Crippen LogP contribution in [0.3, 0.4) is 0 Å². The van der Waals surface area contributed by atoms with Crippen LogP contribution in [0.1, 0.15) is 60.3 Å². The Bertz CT molecular complexity index is 1110. The number of aliphatic imine (C=N–C) groups is 1. The molecule has 0 radical (unpaired) electrons. The maximum absolute atomic E-state index is 11.0. The molecule has 0 bridgehead atoms. The second kappa shape index (κ2) is 12.2. The summed E-state index contributed by atoms with van der Waals surface area (Å²) in [7, 11) is 0. The SMILES string of the molecule is C=N/C=C(C)/C=C(/c1cccc(Cl)c1)c1cc(C(O)c2ccc(C)cc2)ccc1C.CC. The van der Waals surface area contributed by atoms with Gasteiger partial charge in [-0.2, -0.15) is 0 Å². The monoisotopic (exact) mass is 445 g/mol. The third-order valence-electron chi connectivity index (χ3n) is 5.06. The van der Waals surface area contributed by atoms with Crippen LogP contribution in [0.4, 0.5) is 0 Å². The molecule has 0 aliphatic rings. The fourth-order valence-corrected chi connectivity index (χ4v) is 3.61. The van der Waals surface area contributed by atoms with Crippen molar-refractivity contribution in [1.29, 1.82) is 0 Å². The normalized spacial score (nSPS) is 12.6. The van der Waals surface area contributed by atoms with Crippen molar-refractivity contribution in [3.05, 3.63) is 123 Å². The van der Waals surface area contributed by atoms with Crippen LogP contribution in [0.2, 0.25) is 5.02 Å². The molecule has 3 aromatic carbocycles. The van der Waals surface area contributed by atoms with E-state index >= 15 is 0 Å². The molecule has 3 heteroatoms. The topological polar surface area (TPSA) is 32.6 Å². The van der Waals surface area contributed by atoms with Gasteiger partial charge < -0.3 is 5.11 Å². The van der Waals surface area contributed by atoms with Crippen LogP contribution in [0, 0.1) is 13.8 Å². The van der Waals surface area contributed by atoms with Crippen molar-refractivity contribution in [3.63, 3.8) is 0 Å². The van der Waals surface area contributed by atoms with Gasteiger partial charge in [-0.15, -0.1) is 0 Å². The molecule has 0 aliphatic carbocycles. The van der Waals surface area contributed by atoms with Gasteiger partial charge in [0.25, 0.3) is 0 Å². The van der Waals surface area contributed by atoms with Crippen molar-refractivity contribution < 1.29 is 5.11 Å². The van der Waals surface area contributed by atoms with E-state index in [0.29, 0.717) is 5.02 Å². The van der Waals surface area contributed by atoms with E-state index in [1.54, 1.807) is 6.20 Å². The lowest BCUT2D eigenvalue weighted by atomic mass is 9.89. The number of halogens is 1. The number of allylic oxidation sites excluding steroid dienone is 2. The average molecular weight is 446 g/mol. The van der Waals surface area contributed by atoms with Crippen molar-refractivity contribution in [2.75, 3.05) is 0 Å². The highest BCUT2D eigenvalue weighted by molar-refractivity contribution is 6.30. The first-order valence-electron chi connectivity index (χ1n) is 10.8. The zero-order valence-electron chi connectivity index (χ0n) is 19.6. The van der Waals surface area contributed by atoms with Gasteiger partial charge >= 0.3 is 0 Å². The molecule has 166 valence electrons. The summed E-state index contributed by atoms with van der Waals surface area (Å²) in [6, 6.07) is 21.8. The van der Waals surface area contributed by atoms with Crippen LogP contribution in [0.5, 0.6) is 0 Å². The minimum absolute atomic E-state index is 0.676. The molecule has 1 N–H and O–H groups in total. The van der Waals surface area contributed by atoms with Crippen molar-refractivity contribution >= 4 is 23.9 Å². The van der Waals surface area contributed by atoms with Crippen molar-refractivity contribution in [2.24, 2.45) is 4.99 Å². The van der Waals surface area contributed by atoms with Crippen LogP contribution >= 0.6 is 11.6 Å². The van der Waals surface area contributed by atoms with E-state index in [-0.39, 0.29) is 0 Å². The van der Waals surface area contributed by atoms with E-state index in [9.17, 15) is 5.11 Å². The lowest BCUT2D eigenvalue weighted by Gasteiger charge is -2.17. The maximum Gasteiger partial charge on any atom is 0.104 e. The Balaban J connectivity index is 0.00000176. The van der Waals surface area contributed by atoms with Gasteiger partial charge in [-0.25, -0.2) is 0 Å². The Labute approximate surface area is 197 Å². The van der Waals surface area contributed by atoms with E-state index < -0.39 is 6.10 Å². The van der Waals surface area contributed by atoms with Crippen LogP contribution in [-0.4, -0.2) is 11.8 Å². The highest BCUT2D eigenvalue weighted by Crippen LogP contribution is 2.32. The van der Waals surface area contributed by atoms with E-state index in [1.165, 1.54) is 5.56 Å². The second-order valence-corrected chi connectivity index (χ2v) is 7.95. The lowest BCUT2D eigenvalue weighted by Crippen LogP contribution is -2.02. The molecular formula is C29H32ClNO. The molecule has 0 aliphatic heterocycles. The summed E-state index contributed by atoms with van der Waals surface area (Å²) in [5.74, 6) is 0. The minimum atomic E-state index is -0.697. The Morgan fingerprint density at radius 2 is 1.62 bits per heavy atom. The largest absolute Gasteiger partial charge is 0.384 e. The summed E-state index contributed by atoms with van der Waals surface area (Å²) in [4.78, 5) is 3.89. The molecule has 2 nitrogen and oxygen atoms in total. The van der Waals surface area contributed by atoms with E-state index in [2.05, 4.69) is 30.8 Å². The van der Waals surface area contributed by atoms with Crippen molar-refractivity contribution in [3.8, 4) is 0 Å². The van der Waals surface area contributed by atoms with Gasteiger partial charge in [0.05, 0.1) is 0 Å². The molecule has 0 fully saturated rings. The maximum atomic E-state index is 11.0. The molecule has 0 spiro atoms. The Hall–Kier alpha value is -2.94. The first kappa shape index (κ1) is 25.3. The molecule has 0 aromatic heterocycles. The Kier molecular flexibility index (Phi) is 9.64. The summed E-state index contributed by atoms with van der Waals surface area (Å²) in [6.45, 7) is 13.6. The van der Waals surface area contributed by atoms with Crippen LogP contribution < -0.4 is 0 Å². The fraction of sp³-hybridized carbons (Fsp3) is 0.207. The predicted molar refractivity (Wildman–Crippen MR) is 140 cm³/mol. The van der Waals surface area contributed by atoms with E-state index in [1.807, 2.05) is 88.4 Å². The summed E-state index contributed by atoms with van der Waals surface area (Å²) in [5.41, 5.74) is 8.03. The van der Waals surface area contributed by atoms with Gasteiger partial charge in [0.15, 0.2) is 0 Å². The number of hydrogen-bond acceptors (Lipinski definition) is 2. The number of aryl methyl sites for hydroxylation is 2. The summed E-state index contributed by atoms with van der Waals surface area (Å²) < 4.78 is 0. The molecule has 1 unspecified atom stereocenters. The average Bonchev–Trinajstić information content (AvgIpc) is 2.79. The number of hydrogen-bond donors (Lipinski definition) is 1. The van der Waals surface area contributed by atoms with Gasteiger partial charge in [0.2, 0.25) is 0 Å². The van der Waals surface area contributed by atoms with Gasteiger partial charge in [-0.05, 0) is 90.7 Å². The lowest BCUT2D eigenvalue weighted by molar-refractivity contribution is 0.220. The molecule has 0 saturated heterocycles. The van der Waals surface area contributed by atoms with E-state index in [4.69, 9.17) is 11.6 Å². The predicted octanol–water partition coefficient (Wildman–Crippen LogP) is 8.10. The van der Waals surface area contributed by atoms with Gasteiger partial charge in [0.1, 0.15) is 6.10 Å². The zero-order valence-corrected chi connectivity index (χ0v) is 20.3. The molecular weight excluding hydrogens is 414 g/mol. The number of rotatable bonds is 6. The molecule has 1 atom stereocenters. The molecule has 0 saturated carbocycles. The van der Waals surface area contributed by atoms with Gasteiger partial charge in [0, 0.05) is 11.2 Å². The fourth-order valence-electron chi connectivity index (χ4n) is 3.42. The van der Waals surface area contributed by atoms with E-state index in [0.717, 1.165) is 39.0 Å². The van der Waals surface area contributed by atoms with Crippen molar-refractivity contribution in [2.45, 2.75) is 40.7 Å². The van der Waals surface area contributed by atoms with Crippen LogP contribution in [0.25, 0.3) is 5.57 Å². The molecule has 3 aromatic rings. The zero-order chi connectivity index (χ0) is 23.7. The van der Waals surface area contributed by atoms with Gasteiger partial charge in [-0.1, -0.05) is 79.5 Å². The summed E-state index contributed by atoms with van der Waals surface area (Å²) >= 11 is 6.28. The first-order valence-corrected chi connectivity index (χ1v) is 11.2. The number of aliphatic hydroxyl groups excluding tert-OH is 1. The Morgan fingerprint density at radius 3 is 2.25 bits per heavy atom.